The van der Waals surface area contributed by atoms with E-state index in [0.29, 0.717) is 28.2 Å². The van der Waals surface area contributed by atoms with Gasteiger partial charge in [0.15, 0.2) is 6.61 Å². The maximum absolute atomic E-state index is 12.9. The van der Waals surface area contributed by atoms with Crippen LogP contribution in [0.2, 0.25) is 0 Å². The Balaban J connectivity index is 1.68. The maximum atomic E-state index is 12.9. The van der Waals surface area contributed by atoms with Crippen LogP contribution >= 0.6 is 0 Å². The minimum absolute atomic E-state index is 0.00492. The molecule has 39 heavy (non-hydrogen) atoms. The summed E-state index contributed by atoms with van der Waals surface area (Å²) in [4.78, 5) is 25.7. The lowest BCUT2D eigenvalue weighted by Gasteiger charge is -2.19. The summed E-state index contributed by atoms with van der Waals surface area (Å²) < 4.78 is 63.6. The summed E-state index contributed by atoms with van der Waals surface area (Å²) in [6.07, 6.45) is 1.41. The zero-order valence-corrected chi connectivity index (χ0v) is 22.7. The fraction of sp³-hybridized carbons (Fsp3) is 0.286. The lowest BCUT2D eigenvalue weighted by Crippen LogP contribution is -2.45. The van der Waals surface area contributed by atoms with Crippen molar-refractivity contribution in [2.75, 3.05) is 6.61 Å². The summed E-state index contributed by atoms with van der Waals surface area (Å²) in [5, 5.41) is 0.969. The van der Waals surface area contributed by atoms with Gasteiger partial charge in [0.1, 0.15) is 11.8 Å². The van der Waals surface area contributed by atoms with Crippen molar-refractivity contribution in [2.45, 2.75) is 40.3 Å². The van der Waals surface area contributed by atoms with Crippen LogP contribution in [0.5, 0.6) is 5.75 Å². The van der Waals surface area contributed by atoms with Gasteiger partial charge in [0.2, 0.25) is 15.8 Å². The third-order valence-corrected chi connectivity index (χ3v) is 6.93. The Hall–Kier alpha value is -3.83. The Morgan fingerprint density at radius 2 is 1.67 bits per heavy atom. The molecule has 0 spiro atoms. The van der Waals surface area contributed by atoms with Gasteiger partial charge in [-0.05, 0) is 61.7 Å². The Labute approximate surface area is 226 Å². The second-order valence-electron chi connectivity index (χ2n) is 9.12. The van der Waals surface area contributed by atoms with Crippen LogP contribution in [0.25, 0.3) is 11.8 Å². The Morgan fingerprint density at radius 3 is 2.26 bits per heavy atom. The molecule has 1 atom stereocenters. The number of nitrogens with one attached hydrogen (secondary N) is 1. The number of aromatic nitrogens is 1. The molecule has 0 aliphatic carbocycles. The van der Waals surface area contributed by atoms with Gasteiger partial charge in [-0.15, -0.1) is 0 Å². The first-order chi connectivity index (χ1) is 18.4. The quantitative estimate of drug-likeness (QED) is 0.246. The van der Waals surface area contributed by atoms with Crippen molar-refractivity contribution in [3.63, 3.8) is 0 Å². The normalized spacial score (nSPS) is 12.7. The van der Waals surface area contributed by atoms with Gasteiger partial charge in [-0.3, -0.25) is 9.59 Å². The van der Waals surface area contributed by atoms with Crippen LogP contribution in [0, 0.1) is 19.8 Å². The molecule has 1 unspecified atom stereocenters. The maximum Gasteiger partial charge on any atom is 0.387 e. The van der Waals surface area contributed by atoms with E-state index in [4.69, 9.17) is 4.74 Å². The highest BCUT2D eigenvalue weighted by Crippen LogP contribution is 2.24. The predicted octanol–water partition coefficient (Wildman–Crippen LogP) is 5.04. The number of ether oxygens (including phenoxy) is 2. The third-order valence-electron chi connectivity index (χ3n) is 5.85. The smallest absolute Gasteiger partial charge is 0.387 e. The number of aryl methyl sites for hydroxylation is 1. The van der Waals surface area contributed by atoms with Crippen LogP contribution < -0.4 is 9.46 Å². The first kappa shape index (κ1) is 29.7. The molecule has 0 amide bonds. The van der Waals surface area contributed by atoms with Gasteiger partial charge in [0, 0.05) is 28.0 Å². The highest BCUT2D eigenvalue weighted by molar-refractivity contribution is 7.92. The molecule has 0 aliphatic rings. The molecule has 0 saturated carbocycles. The van der Waals surface area contributed by atoms with Crippen molar-refractivity contribution in [3.05, 3.63) is 88.6 Å². The van der Waals surface area contributed by atoms with Gasteiger partial charge < -0.3 is 14.0 Å². The van der Waals surface area contributed by atoms with Gasteiger partial charge in [-0.2, -0.15) is 13.5 Å². The van der Waals surface area contributed by atoms with E-state index in [1.165, 1.54) is 18.2 Å². The molecule has 0 fully saturated rings. The highest BCUT2D eigenvalue weighted by atomic mass is 32.2. The number of alkyl halides is 2. The van der Waals surface area contributed by atoms with Gasteiger partial charge in [0.25, 0.3) is 0 Å². The molecule has 0 radical (unpaired) electrons. The molecule has 0 saturated heterocycles. The minimum Gasteiger partial charge on any atom is -0.456 e. The number of halogens is 2. The summed E-state index contributed by atoms with van der Waals surface area (Å²) in [7, 11) is -3.98. The van der Waals surface area contributed by atoms with Gasteiger partial charge in [-0.25, -0.2) is 8.42 Å². The van der Waals surface area contributed by atoms with E-state index in [1.807, 2.05) is 0 Å². The lowest BCUT2D eigenvalue weighted by atomic mass is 10.1. The van der Waals surface area contributed by atoms with Crippen molar-refractivity contribution < 1.29 is 36.3 Å². The largest absolute Gasteiger partial charge is 0.456 e. The van der Waals surface area contributed by atoms with Crippen LogP contribution in [0.15, 0.2) is 66.1 Å². The Bertz CT molecular complexity index is 1430. The SMILES string of the molecule is Cc1cc(C(=O)COC(=O)C(NS(=O)(=O)C=Cc2ccccc2)C(C)C)c(C)n1-c1ccc(OC(F)F)cc1. The van der Waals surface area contributed by atoms with E-state index in [2.05, 4.69) is 9.46 Å². The summed E-state index contributed by atoms with van der Waals surface area (Å²) in [5.74, 6) is -1.80. The Kier molecular flexibility index (Phi) is 9.76. The average molecular weight is 561 g/mol. The van der Waals surface area contributed by atoms with Crippen LogP contribution in [-0.2, 0) is 19.6 Å². The van der Waals surface area contributed by atoms with Gasteiger partial charge in [-0.1, -0.05) is 44.2 Å². The molecule has 3 aromatic rings. The molecule has 1 N–H and O–H groups in total. The fourth-order valence-corrected chi connectivity index (χ4v) is 5.07. The first-order valence-electron chi connectivity index (χ1n) is 12.1. The molecule has 208 valence electrons. The zero-order valence-electron chi connectivity index (χ0n) is 21.9. The summed E-state index contributed by atoms with van der Waals surface area (Å²) >= 11 is 0. The van der Waals surface area contributed by atoms with Gasteiger partial charge >= 0.3 is 12.6 Å². The Morgan fingerprint density at radius 1 is 1.03 bits per heavy atom. The molecule has 1 aromatic heterocycles. The van der Waals surface area contributed by atoms with E-state index < -0.39 is 47.0 Å². The molecular weight excluding hydrogens is 530 g/mol. The number of sulfonamides is 1. The number of ketones is 1. The number of nitrogens with zero attached hydrogens (tertiary/aromatic N) is 1. The monoisotopic (exact) mass is 560 g/mol. The topological polar surface area (TPSA) is 104 Å². The minimum atomic E-state index is -3.98. The van der Waals surface area contributed by atoms with Crippen molar-refractivity contribution in [1.82, 2.24) is 9.29 Å². The highest BCUT2D eigenvalue weighted by Gasteiger charge is 2.29. The van der Waals surface area contributed by atoms with Gasteiger partial charge in [0.05, 0.1) is 0 Å². The van der Waals surface area contributed by atoms with E-state index in [-0.39, 0.29) is 5.75 Å². The average Bonchev–Trinajstić information content (AvgIpc) is 3.19. The third kappa shape index (κ3) is 8.08. The van der Waals surface area contributed by atoms with Crippen molar-refractivity contribution in [1.29, 1.82) is 0 Å². The molecule has 11 heteroatoms. The number of hydrogen-bond acceptors (Lipinski definition) is 6. The second kappa shape index (κ2) is 12.8. The van der Waals surface area contributed by atoms with E-state index in [1.54, 1.807) is 80.8 Å². The molecule has 2 aromatic carbocycles. The second-order valence-corrected chi connectivity index (χ2v) is 10.7. The molecule has 8 nitrogen and oxygen atoms in total. The molecule has 0 bridgehead atoms. The lowest BCUT2D eigenvalue weighted by molar-refractivity contribution is -0.145. The molecule has 3 rings (SSSR count). The number of Topliss-reactive ketones (excluding diaryl/α,β-unsaturated/α-hetero) is 1. The fourth-order valence-electron chi connectivity index (χ4n) is 3.93. The number of rotatable bonds is 12. The summed E-state index contributed by atoms with van der Waals surface area (Å²) in [6, 6.07) is 15.2. The zero-order chi connectivity index (χ0) is 28.7. The molecule has 1 heterocycles. The number of hydrogen-bond donors (Lipinski definition) is 1. The van der Waals surface area contributed by atoms with Crippen molar-refractivity contribution in [2.24, 2.45) is 5.92 Å². The summed E-state index contributed by atoms with van der Waals surface area (Å²) in [5.41, 5.74) is 2.86. The van der Waals surface area contributed by atoms with E-state index in [9.17, 15) is 26.8 Å². The van der Waals surface area contributed by atoms with Crippen LogP contribution in [0.4, 0.5) is 8.78 Å². The number of carbonyl (C=O) groups excluding carboxylic acids is 2. The predicted molar refractivity (Wildman–Crippen MR) is 143 cm³/mol. The summed E-state index contributed by atoms with van der Waals surface area (Å²) in [6.45, 7) is 3.26. The van der Waals surface area contributed by atoms with Crippen molar-refractivity contribution in [3.8, 4) is 11.4 Å². The van der Waals surface area contributed by atoms with E-state index >= 15 is 0 Å². The van der Waals surface area contributed by atoms with Crippen LogP contribution in [-0.4, -0.2) is 44.0 Å². The van der Waals surface area contributed by atoms with Crippen LogP contribution in [0.1, 0.15) is 41.2 Å². The first-order valence-corrected chi connectivity index (χ1v) is 13.6. The number of carbonyl (C=O) groups is 2. The standard InChI is InChI=1S/C28H30F2N2O6S/c1-18(2)26(31-39(35,36)15-14-21-8-6-5-7-9-21)27(34)37-17-25(33)24-16-19(3)32(20(24)4)22-10-12-23(13-11-22)38-28(29)30/h5-16,18,26,28,31H,17H2,1-4H3. The number of esters is 1. The molecular formula is C28H30F2N2O6S. The van der Waals surface area contributed by atoms with Crippen molar-refractivity contribution >= 4 is 27.9 Å². The van der Waals surface area contributed by atoms with Crippen LogP contribution in [0.3, 0.4) is 0 Å². The van der Waals surface area contributed by atoms with E-state index in [0.717, 1.165) is 5.41 Å². The number of benzene rings is 2. The molecule has 0 aliphatic heterocycles.